The number of carbonyl (C=O) groups is 3. The number of rotatable bonds is 69. The van der Waals surface area contributed by atoms with Crippen molar-refractivity contribution in [2.24, 2.45) is 0 Å². The van der Waals surface area contributed by atoms with Crippen molar-refractivity contribution in [2.75, 3.05) is 39.6 Å². The van der Waals surface area contributed by atoms with E-state index in [2.05, 4.69) is 191 Å². The van der Waals surface area contributed by atoms with Crippen molar-refractivity contribution in [1.29, 1.82) is 0 Å². The fraction of sp³-hybridized carbons (Fsp3) is 0.617. The first-order chi connectivity index (χ1) is 48.2. The largest absolute Gasteiger partial charge is 0.472 e. The van der Waals surface area contributed by atoms with Crippen LogP contribution in [-0.2, 0) is 55.8 Å². The summed E-state index contributed by atoms with van der Waals surface area (Å²) in [5.74, 6) is -1.64. The summed E-state index contributed by atoms with van der Waals surface area (Å²) in [7, 11) is -9.81. The first-order valence-electron chi connectivity index (χ1n) is 37.4. The average Bonchev–Trinajstić information content (AvgIpc) is 1.04. The number of carbonyl (C=O) groups excluding carboxylic acids is 3. The zero-order chi connectivity index (χ0) is 72.3. The summed E-state index contributed by atoms with van der Waals surface area (Å²) in [6, 6.07) is 0. The van der Waals surface area contributed by atoms with Crippen molar-refractivity contribution in [3.63, 3.8) is 0 Å². The molecule has 0 saturated carbocycles. The predicted octanol–water partition coefficient (Wildman–Crippen LogP) is 21.6. The molecule has 0 bridgehead atoms. The Kier molecular flexibility index (Phi) is 69.0. The van der Waals surface area contributed by atoms with Crippen LogP contribution in [0.4, 0.5) is 0 Å². The van der Waals surface area contributed by atoms with Gasteiger partial charge in [0, 0.05) is 19.3 Å². The highest BCUT2D eigenvalue weighted by Gasteiger charge is 2.29. The Labute approximate surface area is 599 Å². The Hall–Kier alpha value is -5.09. The summed E-state index contributed by atoms with van der Waals surface area (Å²) in [6.45, 7) is 2.30. The van der Waals surface area contributed by atoms with Gasteiger partial charge in [0.1, 0.15) is 25.4 Å². The Bertz CT molecular complexity index is 2480. The van der Waals surface area contributed by atoms with Gasteiger partial charge >= 0.3 is 33.6 Å². The zero-order valence-electron chi connectivity index (χ0n) is 61.1. The lowest BCUT2D eigenvalue weighted by Crippen LogP contribution is -2.30. The Morgan fingerprint density at radius 1 is 0.293 bits per heavy atom. The molecule has 5 atom stereocenters. The Morgan fingerprint density at radius 2 is 0.535 bits per heavy atom. The molecule has 0 amide bonds. The molecule has 18 heteroatoms. The van der Waals surface area contributed by atoms with E-state index >= 15 is 0 Å². The summed E-state index contributed by atoms with van der Waals surface area (Å²) in [5, 5.41) is 20.6. The number of hydrogen-bond donors (Lipinski definition) is 4. The number of allylic oxidation sites excluding steroid dienone is 28. The minimum Gasteiger partial charge on any atom is -0.463 e. The number of ether oxygens (including phenoxy) is 3. The standard InChI is InChI=1S/C81H132O16P2/c1-4-7-10-13-16-19-22-25-27-29-31-33-35-36-37-38-40-42-43-45-47-50-52-55-58-61-64-67-79(84)91-70-76(82)71-93-98(87,88)94-72-77(83)73-95-99(89,90)96-75-78(97-81(86)69-66-63-60-57-54-49-24-21-18-15-12-9-6-3)74-92-80(85)68-65-62-59-56-53-51-48-46-44-41-39-34-32-30-28-26-23-20-17-14-11-8-5-2/h7-8,10-12,15-17,19-21,24-28,31-34,36-37,40-42,44,48,51,76-78,82-83H,4-6,9,13-14,18,22-23,29-30,35,38-39,43,45-47,49-50,52-75H2,1-3H3,(H,87,88)(H,89,90)/b10-7-,11-8-,15-12-,19-16-,20-17-,24-21-,27-25-,28-26-,33-31-,34-32-,37-36-,42-40-,44-41-,51-48-. The number of aliphatic hydroxyl groups is 2. The molecule has 16 nitrogen and oxygen atoms in total. The Morgan fingerprint density at radius 3 is 0.848 bits per heavy atom. The maximum atomic E-state index is 12.9. The predicted molar refractivity (Wildman–Crippen MR) is 408 cm³/mol. The number of esters is 3. The highest BCUT2D eigenvalue weighted by atomic mass is 31.2. The van der Waals surface area contributed by atoms with Crippen LogP contribution in [0.1, 0.15) is 265 Å². The van der Waals surface area contributed by atoms with Crippen LogP contribution in [0, 0.1) is 0 Å². The van der Waals surface area contributed by atoms with Crippen molar-refractivity contribution < 1.29 is 75.8 Å². The van der Waals surface area contributed by atoms with Gasteiger partial charge in [0.05, 0.1) is 26.4 Å². The molecular weight excluding hydrogens is 1290 g/mol. The second-order valence-corrected chi connectivity index (χ2v) is 27.2. The number of aliphatic hydroxyl groups excluding tert-OH is 2. The van der Waals surface area contributed by atoms with Gasteiger partial charge in [0.2, 0.25) is 0 Å². The maximum absolute atomic E-state index is 12.9. The summed E-state index contributed by atoms with van der Waals surface area (Å²) < 4.78 is 61.0. The van der Waals surface area contributed by atoms with Gasteiger partial charge in [-0.3, -0.25) is 32.5 Å². The first kappa shape index (κ1) is 93.9. The molecule has 99 heavy (non-hydrogen) atoms. The zero-order valence-corrected chi connectivity index (χ0v) is 62.9. The van der Waals surface area contributed by atoms with Crippen molar-refractivity contribution in [3.05, 3.63) is 170 Å². The van der Waals surface area contributed by atoms with Crippen molar-refractivity contribution in [1.82, 2.24) is 0 Å². The molecule has 0 heterocycles. The lowest BCUT2D eigenvalue weighted by atomic mass is 10.1. The van der Waals surface area contributed by atoms with Gasteiger partial charge in [-0.2, -0.15) is 0 Å². The molecule has 562 valence electrons. The lowest BCUT2D eigenvalue weighted by molar-refractivity contribution is -0.161. The summed E-state index contributed by atoms with van der Waals surface area (Å²) in [4.78, 5) is 58.5. The number of unbranched alkanes of at least 4 members (excludes halogenated alkanes) is 18. The topological polar surface area (TPSA) is 231 Å². The summed E-state index contributed by atoms with van der Waals surface area (Å²) in [5.41, 5.74) is 0. The van der Waals surface area contributed by atoms with Gasteiger partial charge in [-0.05, 0) is 148 Å². The van der Waals surface area contributed by atoms with Gasteiger partial charge in [-0.1, -0.05) is 268 Å². The van der Waals surface area contributed by atoms with Crippen LogP contribution in [0.5, 0.6) is 0 Å². The highest BCUT2D eigenvalue weighted by molar-refractivity contribution is 7.47. The smallest absolute Gasteiger partial charge is 0.463 e. The van der Waals surface area contributed by atoms with Crippen molar-refractivity contribution in [3.8, 4) is 0 Å². The van der Waals surface area contributed by atoms with E-state index in [1.54, 1.807) is 0 Å². The molecule has 5 unspecified atom stereocenters. The Balaban J connectivity index is 4.61. The molecule has 0 aromatic carbocycles. The van der Waals surface area contributed by atoms with Crippen LogP contribution in [0.3, 0.4) is 0 Å². The number of hydrogen-bond acceptors (Lipinski definition) is 14. The first-order valence-corrected chi connectivity index (χ1v) is 40.4. The quantitative estimate of drug-likeness (QED) is 0.0146. The van der Waals surface area contributed by atoms with Gasteiger partial charge in [0.15, 0.2) is 6.10 Å². The fourth-order valence-electron chi connectivity index (χ4n) is 9.26. The monoisotopic (exact) mass is 1420 g/mol. The SMILES string of the molecule is CC/C=C\C/C=C\C/C=C\C/C=C\C/C=C\C/C=C\CCCCCCCCCCC(=O)OCC(O)COP(=O)(O)OCC(O)COP(=O)(O)OCC(COC(=O)CCCCCC/C=C\C/C=C\C/C=C\C/C=C\C/C=C\C/C=C\CC)OC(=O)CCCCCCC/C=C\C/C=C\CCC. The normalized spacial score (nSPS) is 15.0. The van der Waals surface area contributed by atoms with Gasteiger partial charge < -0.3 is 34.2 Å². The van der Waals surface area contributed by atoms with Crippen molar-refractivity contribution in [2.45, 2.75) is 283 Å². The number of phosphoric ester groups is 2. The second-order valence-electron chi connectivity index (χ2n) is 24.3. The van der Waals surface area contributed by atoms with Crippen LogP contribution in [-0.4, -0.2) is 95.9 Å². The molecule has 0 radical (unpaired) electrons. The van der Waals surface area contributed by atoms with E-state index in [1.807, 2.05) is 0 Å². The minimum absolute atomic E-state index is 0.0761. The van der Waals surface area contributed by atoms with Gasteiger partial charge in [-0.25, -0.2) is 9.13 Å². The van der Waals surface area contributed by atoms with Crippen LogP contribution >= 0.6 is 15.6 Å². The molecule has 0 spiro atoms. The maximum Gasteiger partial charge on any atom is 0.472 e. The van der Waals surface area contributed by atoms with Gasteiger partial charge in [0.25, 0.3) is 0 Å². The molecule has 0 aliphatic rings. The minimum atomic E-state index is -4.94. The lowest BCUT2D eigenvalue weighted by Gasteiger charge is -2.21. The molecule has 0 rings (SSSR count). The molecule has 0 aromatic heterocycles. The van der Waals surface area contributed by atoms with E-state index in [4.69, 9.17) is 32.3 Å². The van der Waals surface area contributed by atoms with Gasteiger partial charge in [-0.15, -0.1) is 0 Å². The number of phosphoric acid groups is 2. The van der Waals surface area contributed by atoms with E-state index in [9.17, 15) is 43.5 Å². The highest BCUT2D eigenvalue weighted by Crippen LogP contribution is 2.45. The molecule has 0 aliphatic heterocycles. The molecule has 4 N–H and O–H groups in total. The van der Waals surface area contributed by atoms with Crippen molar-refractivity contribution >= 4 is 33.6 Å². The van der Waals surface area contributed by atoms with E-state index in [0.29, 0.717) is 19.3 Å². The van der Waals surface area contributed by atoms with Crippen LogP contribution < -0.4 is 0 Å². The van der Waals surface area contributed by atoms with E-state index < -0.39 is 91.5 Å². The molecule has 0 aliphatic carbocycles. The average molecular weight is 1420 g/mol. The third-order valence-electron chi connectivity index (χ3n) is 14.9. The summed E-state index contributed by atoms with van der Waals surface area (Å²) >= 11 is 0. The molecule has 0 fully saturated rings. The third-order valence-corrected chi connectivity index (χ3v) is 16.8. The third kappa shape index (κ3) is 73.9. The molecule has 0 saturated heterocycles. The molecule has 0 aromatic rings. The molecular formula is C81H132O16P2. The fourth-order valence-corrected chi connectivity index (χ4v) is 10.8. The summed E-state index contributed by atoms with van der Waals surface area (Å²) in [6.07, 6.45) is 91.2. The second kappa shape index (κ2) is 72.7. The van der Waals surface area contributed by atoms with Crippen LogP contribution in [0.15, 0.2) is 170 Å². The van der Waals surface area contributed by atoms with Crippen LogP contribution in [0.2, 0.25) is 0 Å². The van der Waals surface area contributed by atoms with E-state index in [-0.39, 0.29) is 19.3 Å². The van der Waals surface area contributed by atoms with E-state index in [0.717, 1.165) is 186 Å². The van der Waals surface area contributed by atoms with Crippen LogP contribution in [0.25, 0.3) is 0 Å². The van der Waals surface area contributed by atoms with E-state index in [1.165, 1.54) is 19.3 Å².